The first-order valence-corrected chi connectivity index (χ1v) is 9.40. The highest BCUT2D eigenvalue weighted by Gasteiger charge is 2.75. The van der Waals surface area contributed by atoms with Gasteiger partial charge >= 0.3 is 5.69 Å². The van der Waals surface area contributed by atoms with Crippen LogP contribution in [0.2, 0.25) is 0 Å². The Labute approximate surface area is 150 Å². The van der Waals surface area contributed by atoms with Gasteiger partial charge in [0.15, 0.2) is 0 Å². The van der Waals surface area contributed by atoms with Crippen molar-refractivity contribution in [1.29, 1.82) is 0 Å². The van der Waals surface area contributed by atoms with Crippen LogP contribution in [0.5, 0.6) is 0 Å². The van der Waals surface area contributed by atoms with Crippen LogP contribution in [0.1, 0.15) is 33.1 Å². The summed E-state index contributed by atoms with van der Waals surface area (Å²) in [7, 11) is 0. The normalized spacial score (nSPS) is 30.7. The highest BCUT2D eigenvalue weighted by Crippen LogP contribution is 2.71. The molecule has 4 fully saturated rings. The summed E-state index contributed by atoms with van der Waals surface area (Å²) in [5.74, 6) is -0.153. The van der Waals surface area contributed by atoms with Crippen molar-refractivity contribution >= 4 is 23.2 Å². The zero-order chi connectivity index (χ0) is 18.7. The summed E-state index contributed by atoms with van der Waals surface area (Å²) in [5, 5.41) is 2.67. The molecule has 0 aromatic carbocycles. The fourth-order valence-corrected chi connectivity index (χ4v) is 5.10. The molecule has 5 atom stereocenters. The molecule has 0 saturated heterocycles. The molecule has 8 heteroatoms. The van der Waals surface area contributed by atoms with E-state index in [2.05, 4.69) is 5.32 Å². The van der Waals surface area contributed by atoms with Crippen LogP contribution in [0.15, 0.2) is 9.59 Å². The molecule has 26 heavy (non-hydrogen) atoms. The van der Waals surface area contributed by atoms with Gasteiger partial charge in [0.05, 0.1) is 5.92 Å². The number of nitrogens with two attached hydrogens (primary N) is 1. The number of carbonyl (C=O) groups is 2. The van der Waals surface area contributed by atoms with Crippen LogP contribution in [-0.2, 0) is 22.7 Å². The highest BCUT2D eigenvalue weighted by molar-refractivity contribution is 6.04. The topological polar surface area (TPSA) is 116 Å². The standard InChI is InChI=1S/C18H24N4O4/c1-3-5-21-15(19)13(17(25)22(6-4-2)18(21)26)20-16(24)12-9-7-8-10(12)11(8)14(9)23/h8-12H,3-7,19H2,1-2H3,(H,20,24). The Kier molecular flexibility index (Phi) is 3.82. The summed E-state index contributed by atoms with van der Waals surface area (Å²) in [6.45, 7) is 4.41. The lowest BCUT2D eigenvalue weighted by Gasteiger charge is -2.18. The van der Waals surface area contributed by atoms with E-state index in [0.717, 1.165) is 11.0 Å². The zero-order valence-corrected chi connectivity index (χ0v) is 15.0. The van der Waals surface area contributed by atoms with Gasteiger partial charge < -0.3 is 11.1 Å². The number of amides is 1. The Balaban J connectivity index is 1.70. The number of hydrogen-bond donors (Lipinski definition) is 2. The first-order chi connectivity index (χ1) is 12.4. The van der Waals surface area contributed by atoms with Crippen LogP contribution in [-0.4, -0.2) is 20.8 Å². The minimum Gasteiger partial charge on any atom is -0.383 e. The molecule has 1 aromatic rings. The van der Waals surface area contributed by atoms with Crippen molar-refractivity contribution in [2.45, 2.75) is 46.2 Å². The third kappa shape index (κ3) is 2.13. The number of nitrogen functional groups attached to an aromatic ring is 1. The number of nitrogens with one attached hydrogen (secondary N) is 1. The molecular formula is C18H24N4O4. The second-order valence-electron chi connectivity index (χ2n) is 7.68. The molecule has 4 bridgehead atoms. The van der Waals surface area contributed by atoms with E-state index in [1.807, 2.05) is 13.8 Å². The number of ketones is 1. The predicted octanol–water partition coefficient (Wildman–Crippen LogP) is 0.432. The number of nitrogens with zero attached hydrogens (tertiary/aromatic N) is 2. The minimum absolute atomic E-state index is 0.00781. The quantitative estimate of drug-likeness (QED) is 0.763. The summed E-state index contributed by atoms with van der Waals surface area (Å²) in [5.41, 5.74) is 5.01. The van der Waals surface area contributed by atoms with Crippen molar-refractivity contribution < 1.29 is 9.59 Å². The fraction of sp³-hybridized carbons (Fsp3) is 0.667. The van der Waals surface area contributed by atoms with Crippen LogP contribution >= 0.6 is 0 Å². The van der Waals surface area contributed by atoms with Gasteiger partial charge in [-0.3, -0.25) is 23.5 Å². The molecule has 5 rings (SSSR count). The smallest absolute Gasteiger partial charge is 0.332 e. The Bertz CT molecular complexity index is 915. The van der Waals surface area contributed by atoms with Crippen molar-refractivity contribution in [2.75, 3.05) is 11.1 Å². The number of anilines is 2. The third-order valence-electron chi connectivity index (χ3n) is 6.21. The second kappa shape index (κ2) is 5.82. The lowest BCUT2D eigenvalue weighted by Crippen LogP contribution is -2.43. The lowest BCUT2D eigenvalue weighted by molar-refractivity contribution is -0.126. The monoisotopic (exact) mass is 360 g/mol. The highest BCUT2D eigenvalue weighted by atomic mass is 16.2. The molecule has 4 aliphatic carbocycles. The van der Waals surface area contributed by atoms with Crippen molar-refractivity contribution in [3.8, 4) is 0 Å². The van der Waals surface area contributed by atoms with Crippen molar-refractivity contribution in [1.82, 2.24) is 9.13 Å². The maximum atomic E-state index is 12.8. The summed E-state index contributed by atoms with van der Waals surface area (Å²) in [4.78, 5) is 50.2. The SMILES string of the molecule is CCCn1c(N)c(NC(=O)C2C3CC4C(C3=O)C42)c(=O)n(CCC)c1=O. The first-order valence-electron chi connectivity index (χ1n) is 9.40. The number of carbonyl (C=O) groups excluding carboxylic acids is 2. The number of Topliss-reactive ketones (excluding diaryl/α,β-unsaturated/α-hetero) is 1. The molecule has 8 nitrogen and oxygen atoms in total. The van der Waals surface area contributed by atoms with Gasteiger partial charge in [-0.25, -0.2) is 4.79 Å². The van der Waals surface area contributed by atoms with E-state index in [1.54, 1.807) is 0 Å². The molecule has 5 unspecified atom stereocenters. The number of rotatable bonds is 6. The Morgan fingerprint density at radius 1 is 1.15 bits per heavy atom. The molecule has 0 radical (unpaired) electrons. The van der Waals surface area contributed by atoms with Crippen molar-refractivity contribution in [3.63, 3.8) is 0 Å². The van der Waals surface area contributed by atoms with Gasteiger partial charge in [-0.1, -0.05) is 13.8 Å². The largest absolute Gasteiger partial charge is 0.383 e. The van der Waals surface area contributed by atoms with Gasteiger partial charge in [-0.15, -0.1) is 0 Å². The van der Waals surface area contributed by atoms with Crippen LogP contribution in [0.4, 0.5) is 11.5 Å². The average Bonchev–Trinajstić information content (AvgIpc) is 2.88. The fourth-order valence-electron chi connectivity index (χ4n) is 5.10. The Hall–Kier alpha value is -2.38. The van der Waals surface area contributed by atoms with Gasteiger partial charge in [0.1, 0.15) is 17.3 Å². The van der Waals surface area contributed by atoms with E-state index in [9.17, 15) is 19.2 Å². The van der Waals surface area contributed by atoms with E-state index < -0.39 is 11.2 Å². The van der Waals surface area contributed by atoms with E-state index in [0.29, 0.717) is 25.3 Å². The van der Waals surface area contributed by atoms with E-state index in [1.165, 1.54) is 4.57 Å². The van der Waals surface area contributed by atoms with Gasteiger partial charge in [0, 0.05) is 24.9 Å². The van der Waals surface area contributed by atoms with E-state index in [-0.39, 0.29) is 53.4 Å². The van der Waals surface area contributed by atoms with Crippen LogP contribution in [0.3, 0.4) is 0 Å². The van der Waals surface area contributed by atoms with Crippen LogP contribution in [0.25, 0.3) is 0 Å². The summed E-state index contributed by atoms with van der Waals surface area (Å²) < 4.78 is 2.47. The summed E-state index contributed by atoms with van der Waals surface area (Å²) in [6.07, 6.45) is 2.08. The van der Waals surface area contributed by atoms with Crippen molar-refractivity contribution in [2.24, 2.45) is 29.6 Å². The minimum atomic E-state index is -0.570. The summed E-state index contributed by atoms with van der Waals surface area (Å²) >= 11 is 0. The molecule has 140 valence electrons. The van der Waals surface area contributed by atoms with Gasteiger partial charge in [-0.05, 0) is 31.1 Å². The van der Waals surface area contributed by atoms with Crippen LogP contribution in [0, 0.1) is 29.6 Å². The molecule has 0 spiro atoms. The predicted molar refractivity (Wildman–Crippen MR) is 95.7 cm³/mol. The van der Waals surface area contributed by atoms with Gasteiger partial charge in [0.25, 0.3) is 5.56 Å². The lowest BCUT2D eigenvalue weighted by atomic mass is 9.97. The molecular weight excluding hydrogens is 336 g/mol. The third-order valence-corrected chi connectivity index (χ3v) is 6.21. The van der Waals surface area contributed by atoms with Crippen molar-refractivity contribution in [3.05, 3.63) is 20.8 Å². The average molecular weight is 360 g/mol. The number of hydrogen-bond acceptors (Lipinski definition) is 5. The van der Waals surface area contributed by atoms with Gasteiger partial charge in [0.2, 0.25) is 5.91 Å². The molecule has 1 heterocycles. The molecule has 1 aromatic heterocycles. The molecule has 4 aliphatic rings. The zero-order valence-electron chi connectivity index (χ0n) is 15.0. The first kappa shape index (κ1) is 17.1. The summed E-state index contributed by atoms with van der Waals surface area (Å²) in [6, 6.07) is 0. The molecule has 3 N–H and O–H groups in total. The maximum Gasteiger partial charge on any atom is 0.332 e. The van der Waals surface area contributed by atoms with Crippen LogP contribution < -0.4 is 22.3 Å². The second-order valence-corrected chi connectivity index (χ2v) is 7.68. The van der Waals surface area contributed by atoms with E-state index in [4.69, 9.17) is 5.73 Å². The Morgan fingerprint density at radius 3 is 2.31 bits per heavy atom. The maximum absolute atomic E-state index is 12.8. The Morgan fingerprint density at radius 2 is 1.81 bits per heavy atom. The van der Waals surface area contributed by atoms with E-state index >= 15 is 0 Å². The van der Waals surface area contributed by atoms with Gasteiger partial charge in [-0.2, -0.15) is 0 Å². The molecule has 4 saturated carbocycles. The number of aromatic nitrogens is 2. The molecule has 0 aliphatic heterocycles. The molecule has 1 amide bonds.